The Labute approximate surface area is 171 Å². The van der Waals surface area contributed by atoms with Crippen molar-refractivity contribution in [2.45, 2.75) is 50.0 Å². The average molecular weight is 426 g/mol. The normalized spacial score (nSPS) is 19.2. The third-order valence-corrected chi connectivity index (χ3v) is 6.13. The first-order valence-electron chi connectivity index (χ1n) is 8.98. The molecule has 1 aliphatic rings. The predicted octanol–water partition coefficient (Wildman–Crippen LogP) is 4.53. The molecule has 156 valence electrons. The van der Waals surface area contributed by atoms with E-state index in [9.17, 15) is 17.4 Å². The second-order valence-electron chi connectivity index (χ2n) is 7.87. The second-order valence-corrected chi connectivity index (χ2v) is 9.25. The smallest absolute Gasteiger partial charge is 0.458 e. The summed E-state index contributed by atoms with van der Waals surface area (Å²) in [7, 11) is -2.08. The molecule has 1 saturated heterocycles. The summed E-state index contributed by atoms with van der Waals surface area (Å²) in [5.41, 5.74) is -1.58. The fraction of sp³-hybridized carbons (Fsp3) is 0.400. The summed E-state index contributed by atoms with van der Waals surface area (Å²) < 4.78 is 68.9. The summed E-state index contributed by atoms with van der Waals surface area (Å²) in [5, 5.41) is 0. The van der Waals surface area contributed by atoms with Crippen LogP contribution in [0.2, 0.25) is 0 Å². The van der Waals surface area contributed by atoms with Crippen molar-refractivity contribution in [2.75, 3.05) is 6.26 Å². The Morgan fingerprint density at radius 1 is 1.00 bits per heavy atom. The minimum Gasteiger partial charge on any atom is -0.458 e. The zero-order valence-corrected chi connectivity index (χ0v) is 17.6. The van der Waals surface area contributed by atoms with Gasteiger partial charge < -0.3 is 14.0 Å². The molecule has 0 bridgehead atoms. The van der Waals surface area contributed by atoms with Crippen LogP contribution < -0.4 is 10.2 Å². The highest BCUT2D eigenvalue weighted by molar-refractivity contribution is 7.84. The van der Waals surface area contributed by atoms with Gasteiger partial charge in [0.2, 0.25) is 0 Å². The van der Waals surface area contributed by atoms with Gasteiger partial charge in [0.25, 0.3) is 0 Å². The molecule has 4 nitrogen and oxygen atoms in total. The summed E-state index contributed by atoms with van der Waals surface area (Å²) in [6.45, 7) is 7.56. The van der Waals surface area contributed by atoms with Crippen molar-refractivity contribution in [1.82, 2.24) is 0 Å². The lowest BCUT2D eigenvalue weighted by Gasteiger charge is -2.32. The SMILES string of the molecule is CS(=O)c1ccc(Oc2cccc(C(F)(F)F)c2)c(B2OC(C)(C)C(C)(C)O2)c1. The van der Waals surface area contributed by atoms with Crippen LogP contribution in [0.15, 0.2) is 47.4 Å². The highest BCUT2D eigenvalue weighted by Crippen LogP contribution is 2.38. The first-order valence-corrected chi connectivity index (χ1v) is 10.5. The molecule has 1 heterocycles. The van der Waals surface area contributed by atoms with Crippen LogP contribution >= 0.6 is 0 Å². The van der Waals surface area contributed by atoms with E-state index in [0.717, 1.165) is 12.1 Å². The largest absolute Gasteiger partial charge is 0.498 e. The van der Waals surface area contributed by atoms with Gasteiger partial charge in [-0.25, -0.2) is 0 Å². The van der Waals surface area contributed by atoms with E-state index in [1.165, 1.54) is 18.4 Å². The van der Waals surface area contributed by atoms with E-state index in [2.05, 4.69) is 0 Å². The minimum atomic E-state index is -4.48. The predicted molar refractivity (Wildman–Crippen MR) is 106 cm³/mol. The molecule has 0 aliphatic carbocycles. The molecule has 0 saturated carbocycles. The average Bonchev–Trinajstić information content (AvgIpc) is 2.82. The van der Waals surface area contributed by atoms with Gasteiger partial charge in [0.05, 0.1) is 16.8 Å². The van der Waals surface area contributed by atoms with Crippen molar-refractivity contribution in [1.29, 1.82) is 0 Å². The monoisotopic (exact) mass is 426 g/mol. The van der Waals surface area contributed by atoms with Gasteiger partial charge in [0, 0.05) is 27.4 Å². The van der Waals surface area contributed by atoms with Crippen molar-refractivity contribution < 1.29 is 31.4 Å². The molecular weight excluding hydrogens is 404 g/mol. The molecule has 1 fully saturated rings. The first kappa shape index (κ1) is 21.9. The molecule has 0 spiro atoms. The van der Waals surface area contributed by atoms with Gasteiger partial charge in [-0.2, -0.15) is 13.2 Å². The van der Waals surface area contributed by atoms with Gasteiger partial charge in [0.1, 0.15) is 11.5 Å². The number of hydrogen-bond donors (Lipinski definition) is 0. The lowest BCUT2D eigenvalue weighted by atomic mass is 9.78. The molecule has 1 aliphatic heterocycles. The summed E-state index contributed by atoms with van der Waals surface area (Å²) in [6.07, 6.45) is -2.94. The van der Waals surface area contributed by atoms with E-state index in [0.29, 0.717) is 10.4 Å². The number of rotatable bonds is 4. The second kappa shape index (κ2) is 7.45. The Balaban J connectivity index is 2.01. The maximum absolute atomic E-state index is 13.0. The zero-order valence-electron chi connectivity index (χ0n) is 16.8. The Hall–Kier alpha value is -1.84. The Bertz CT molecular complexity index is 928. The molecule has 2 aromatic rings. The minimum absolute atomic E-state index is 0.0305. The van der Waals surface area contributed by atoms with Crippen molar-refractivity contribution in [3.63, 3.8) is 0 Å². The lowest BCUT2D eigenvalue weighted by molar-refractivity contribution is -0.137. The van der Waals surface area contributed by atoms with Crippen LogP contribution in [0.25, 0.3) is 0 Å². The van der Waals surface area contributed by atoms with Crippen LogP contribution in [-0.2, 0) is 26.3 Å². The Morgan fingerprint density at radius 2 is 1.62 bits per heavy atom. The molecule has 0 amide bonds. The molecule has 2 aromatic carbocycles. The first-order chi connectivity index (χ1) is 13.3. The van der Waals surface area contributed by atoms with E-state index in [1.807, 2.05) is 27.7 Å². The number of halogens is 3. The standard InChI is InChI=1S/C20H22BF3O4S/c1-18(2)19(3,4)28-21(27-18)16-12-15(29(5)25)9-10-17(16)26-14-8-6-7-13(11-14)20(22,23)24/h6-12H,1-5H3. The topological polar surface area (TPSA) is 44.8 Å². The molecule has 3 rings (SSSR count). The van der Waals surface area contributed by atoms with Gasteiger partial charge in [-0.05, 0) is 64.1 Å². The molecule has 9 heteroatoms. The summed E-state index contributed by atoms with van der Waals surface area (Å²) in [6, 6.07) is 9.44. The quantitative estimate of drug-likeness (QED) is 0.674. The third-order valence-electron chi connectivity index (χ3n) is 5.21. The van der Waals surface area contributed by atoms with E-state index in [-0.39, 0.29) is 11.5 Å². The van der Waals surface area contributed by atoms with Crippen LogP contribution in [0.1, 0.15) is 33.3 Å². The number of alkyl halides is 3. The highest BCUT2D eigenvalue weighted by atomic mass is 32.2. The van der Waals surface area contributed by atoms with Crippen molar-refractivity contribution in [3.05, 3.63) is 48.0 Å². The highest BCUT2D eigenvalue weighted by Gasteiger charge is 2.52. The van der Waals surface area contributed by atoms with Gasteiger partial charge >= 0.3 is 13.3 Å². The molecule has 29 heavy (non-hydrogen) atoms. The zero-order chi connectivity index (χ0) is 21.6. The summed E-state index contributed by atoms with van der Waals surface area (Å²) >= 11 is 0. The number of hydrogen-bond acceptors (Lipinski definition) is 4. The van der Waals surface area contributed by atoms with Crippen LogP contribution in [0.5, 0.6) is 11.5 Å². The maximum atomic E-state index is 13.0. The van der Waals surface area contributed by atoms with Crippen molar-refractivity contribution in [3.8, 4) is 11.5 Å². The fourth-order valence-electron chi connectivity index (χ4n) is 2.82. The molecular formula is C20H22BF3O4S. The number of benzene rings is 2. The van der Waals surface area contributed by atoms with Crippen LogP contribution in [-0.4, -0.2) is 28.8 Å². The third kappa shape index (κ3) is 4.52. The summed E-state index contributed by atoms with van der Waals surface area (Å²) in [4.78, 5) is 0.533. The van der Waals surface area contributed by atoms with Gasteiger partial charge in [-0.3, -0.25) is 4.21 Å². The van der Waals surface area contributed by atoms with Crippen molar-refractivity contribution >= 4 is 23.4 Å². The van der Waals surface area contributed by atoms with E-state index in [4.69, 9.17) is 14.0 Å². The summed E-state index contributed by atoms with van der Waals surface area (Å²) in [5.74, 6) is 0.306. The van der Waals surface area contributed by atoms with Gasteiger partial charge in [-0.1, -0.05) is 6.07 Å². The van der Waals surface area contributed by atoms with E-state index < -0.39 is 40.9 Å². The molecule has 0 radical (unpaired) electrons. The van der Waals surface area contributed by atoms with Gasteiger partial charge in [-0.15, -0.1) is 0 Å². The van der Waals surface area contributed by atoms with Crippen molar-refractivity contribution in [2.24, 2.45) is 0 Å². The maximum Gasteiger partial charge on any atom is 0.498 e. The number of ether oxygens (including phenoxy) is 1. The molecule has 1 unspecified atom stereocenters. The van der Waals surface area contributed by atoms with Crippen LogP contribution in [0.3, 0.4) is 0 Å². The van der Waals surface area contributed by atoms with Gasteiger partial charge in [0.15, 0.2) is 0 Å². The fourth-order valence-corrected chi connectivity index (χ4v) is 3.37. The molecule has 0 aromatic heterocycles. The Morgan fingerprint density at radius 3 is 2.17 bits per heavy atom. The van der Waals surface area contributed by atoms with E-state index in [1.54, 1.807) is 18.2 Å². The molecule has 1 atom stereocenters. The lowest BCUT2D eigenvalue weighted by Crippen LogP contribution is -2.41. The Kier molecular flexibility index (Phi) is 5.62. The van der Waals surface area contributed by atoms with E-state index >= 15 is 0 Å². The molecule has 0 N–H and O–H groups in total. The van der Waals surface area contributed by atoms with Crippen LogP contribution in [0.4, 0.5) is 13.2 Å². The van der Waals surface area contributed by atoms with Crippen LogP contribution in [0, 0.1) is 0 Å².